The standard InChI is InChI=1S/C30H48N2O2S/c1-11-31(12-2)19-21-15-23(29(5,6)7)17-25(27(21)33)35-26-18-24(30(8,9)10)16-22(28(26)34)20-32(13-3)14-4/h15-18,33-34H,11-14,19-20H2,1-10H3. The summed E-state index contributed by atoms with van der Waals surface area (Å²) < 4.78 is 0. The van der Waals surface area contributed by atoms with Crippen molar-refractivity contribution in [3.05, 3.63) is 46.5 Å². The minimum Gasteiger partial charge on any atom is -0.506 e. The van der Waals surface area contributed by atoms with E-state index in [2.05, 4.69) is 103 Å². The van der Waals surface area contributed by atoms with Gasteiger partial charge in [0.25, 0.3) is 0 Å². The number of rotatable bonds is 10. The van der Waals surface area contributed by atoms with Crippen LogP contribution in [0.3, 0.4) is 0 Å². The summed E-state index contributed by atoms with van der Waals surface area (Å²) in [6.07, 6.45) is 0. The number of nitrogens with zero attached hydrogens (tertiary/aromatic N) is 2. The van der Waals surface area contributed by atoms with Gasteiger partial charge in [-0.15, -0.1) is 0 Å². The second-order valence-corrected chi connectivity index (χ2v) is 12.6. The third kappa shape index (κ3) is 7.65. The number of phenolic OH excluding ortho intramolecular Hbond substituents is 2. The maximum atomic E-state index is 11.4. The van der Waals surface area contributed by atoms with E-state index in [-0.39, 0.29) is 10.8 Å². The fraction of sp³-hybridized carbons (Fsp3) is 0.600. The molecule has 0 fully saturated rings. The van der Waals surface area contributed by atoms with Crippen LogP contribution in [0.1, 0.15) is 91.5 Å². The van der Waals surface area contributed by atoms with Crippen molar-refractivity contribution in [2.24, 2.45) is 0 Å². The molecule has 0 saturated heterocycles. The Balaban J connectivity index is 2.65. The minimum absolute atomic E-state index is 0.0514. The van der Waals surface area contributed by atoms with E-state index in [1.807, 2.05) is 0 Å². The van der Waals surface area contributed by atoms with Crippen molar-refractivity contribution in [1.82, 2.24) is 9.80 Å². The highest BCUT2D eigenvalue weighted by Gasteiger charge is 2.24. The molecule has 35 heavy (non-hydrogen) atoms. The van der Waals surface area contributed by atoms with Crippen molar-refractivity contribution in [2.75, 3.05) is 26.2 Å². The quantitative estimate of drug-likeness (QED) is 0.353. The summed E-state index contributed by atoms with van der Waals surface area (Å²) in [5, 5.41) is 22.7. The van der Waals surface area contributed by atoms with E-state index in [1.54, 1.807) is 0 Å². The largest absolute Gasteiger partial charge is 0.506 e. The Labute approximate surface area is 218 Å². The second kappa shape index (κ2) is 12.0. The molecule has 0 unspecified atom stereocenters. The van der Waals surface area contributed by atoms with E-state index in [0.717, 1.165) is 47.1 Å². The fourth-order valence-corrected chi connectivity index (χ4v) is 5.15. The van der Waals surface area contributed by atoms with Crippen LogP contribution >= 0.6 is 11.8 Å². The molecule has 0 aliphatic heterocycles. The Morgan fingerprint density at radius 3 is 1.17 bits per heavy atom. The molecule has 0 atom stereocenters. The van der Waals surface area contributed by atoms with Gasteiger partial charge in [-0.2, -0.15) is 0 Å². The second-order valence-electron chi connectivity index (χ2n) is 11.5. The molecule has 0 amide bonds. The molecule has 0 heterocycles. The average molecular weight is 501 g/mol. The van der Waals surface area contributed by atoms with Crippen LogP contribution < -0.4 is 0 Å². The van der Waals surface area contributed by atoms with Crippen molar-refractivity contribution in [3.8, 4) is 11.5 Å². The maximum absolute atomic E-state index is 11.4. The molecule has 0 saturated carbocycles. The lowest BCUT2D eigenvalue weighted by Crippen LogP contribution is -2.23. The van der Waals surface area contributed by atoms with Gasteiger partial charge in [0.05, 0.1) is 9.79 Å². The summed E-state index contributed by atoms with van der Waals surface area (Å²) in [5.74, 6) is 0.640. The molecule has 2 N–H and O–H groups in total. The normalized spacial score (nSPS) is 12.7. The van der Waals surface area contributed by atoms with Gasteiger partial charge in [0, 0.05) is 24.2 Å². The predicted octanol–water partition coefficient (Wildman–Crippen LogP) is 7.53. The Kier molecular flexibility index (Phi) is 10.2. The molecule has 0 spiro atoms. The molecule has 5 heteroatoms. The third-order valence-electron chi connectivity index (χ3n) is 6.84. The smallest absolute Gasteiger partial charge is 0.134 e. The van der Waals surface area contributed by atoms with Gasteiger partial charge in [0.2, 0.25) is 0 Å². The third-order valence-corrected chi connectivity index (χ3v) is 7.90. The highest BCUT2D eigenvalue weighted by molar-refractivity contribution is 7.99. The molecular weight excluding hydrogens is 452 g/mol. The number of aromatic hydroxyl groups is 2. The lowest BCUT2D eigenvalue weighted by atomic mass is 9.86. The SMILES string of the molecule is CCN(CC)Cc1cc(C(C)(C)C)cc(Sc2cc(C(C)(C)C)cc(CN(CC)CC)c2O)c1O. The lowest BCUT2D eigenvalue weighted by molar-refractivity contribution is 0.289. The topological polar surface area (TPSA) is 46.9 Å². The van der Waals surface area contributed by atoms with Crippen molar-refractivity contribution in [1.29, 1.82) is 0 Å². The molecule has 0 radical (unpaired) electrons. The van der Waals surface area contributed by atoms with Crippen LogP contribution in [0, 0.1) is 0 Å². The van der Waals surface area contributed by atoms with Gasteiger partial charge >= 0.3 is 0 Å². The first kappa shape index (κ1) is 29.5. The number of hydrogen-bond donors (Lipinski definition) is 2. The summed E-state index contributed by atoms with van der Waals surface area (Å²) in [5.41, 5.74) is 4.16. The zero-order chi connectivity index (χ0) is 26.6. The molecule has 0 bridgehead atoms. The van der Waals surface area contributed by atoms with Gasteiger partial charge < -0.3 is 10.2 Å². The zero-order valence-electron chi connectivity index (χ0n) is 23.7. The Morgan fingerprint density at radius 2 is 0.914 bits per heavy atom. The first-order valence-electron chi connectivity index (χ1n) is 13.1. The van der Waals surface area contributed by atoms with Gasteiger partial charge in [-0.25, -0.2) is 0 Å². The Bertz CT molecular complexity index is 902. The Morgan fingerprint density at radius 1 is 0.600 bits per heavy atom. The van der Waals surface area contributed by atoms with Crippen LogP contribution in [0.25, 0.3) is 0 Å². The van der Waals surface area contributed by atoms with Crippen LogP contribution in [0.4, 0.5) is 0 Å². The molecule has 0 aliphatic rings. The molecule has 2 rings (SSSR count). The van der Waals surface area contributed by atoms with Crippen LogP contribution in [-0.4, -0.2) is 46.2 Å². The molecule has 196 valence electrons. The van der Waals surface area contributed by atoms with Gasteiger partial charge in [0.1, 0.15) is 11.5 Å². The maximum Gasteiger partial charge on any atom is 0.134 e. The summed E-state index contributed by atoms with van der Waals surface area (Å²) >= 11 is 1.48. The predicted molar refractivity (Wildman–Crippen MR) is 151 cm³/mol. The summed E-state index contributed by atoms with van der Waals surface area (Å²) in [6.45, 7) is 27.0. The van der Waals surface area contributed by atoms with E-state index in [0.29, 0.717) is 24.6 Å². The monoisotopic (exact) mass is 500 g/mol. The van der Waals surface area contributed by atoms with Gasteiger partial charge in [-0.1, -0.05) is 93.1 Å². The summed E-state index contributed by atoms with van der Waals surface area (Å²) in [7, 11) is 0. The Hall–Kier alpha value is -1.69. The van der Waals surface area contributed by atoms with Crippen molar-refractivity contribution in [2.45, 2.75) is 103 Å². The average Bonchev–Trinajstić information content (AvgIpc) is 2.78. The van der Waals surface area contributed by atoms with E-state index < -0.39 is 0 Å². The molecule has 4 nitrogen and oxygen atoms in total. The highest BCUT2D eigenvalue weighted by atomic mass is 32.2. The lowest BCUT2D eigenvalue weighted by Gasteiger charge is -2.26. The van der Waals surface area contributed by atoms with E-state index >= 15 is 0 Å². The van der Waals surface area contributed by atoms with Crippen LogP contribution in [0.15, 0.2) is 34.1 Å². The summed E-state index contributed by atoms with van der Waals surface area (Å²) in [4.78, 5) is 6.23. The minimum atomic E-state index is -0.0514. The van der Waals surface area contributed by atoms with E-state index in [9.17, 15) is 10.2 Å². The van der Waals surface area contributed by atoms with Crippen molar-refractivity contribution < 1.29 is 10.2 Å². The summed E-state index contributed by atoms with van der Waals surface area (Å²) in [6, 6.07) is 8.49. The molecule has 0 aromatic heterocycles. The molecule has 2 aromatic rings. The van der Waals surface area contributed by atoms with Gasteiger partial charge in [-0.05, 0) is 60.3 Å². The van der Waals surface area contributed by atoms with E-state index in [1.165, 1.54) is 22.9 Å². The van der Waals surface area contributed by atoms with Crippen LogP contribution in [-0.2, 0) is 23.9 Å². The molecule has 0 aliphatic carbocycles. The zero-order valence-corrected chi connectivity index (χ0v) is 24.6. The first-order chi connectivity index (χ1) is 16.2. The first-order valence-corrected chi connectivity index (χ1v) is 13.9. The van der Waals surface area contributed by atoms with Crippen LogP contribution in [0.2, 0.25) is 0 Å². The van der Waals surface area contributed by atoms with E-state index in [4.69, 9.17) is 0 Å². The molecular formula is C30H48N2O2S. The van der Waals surface area contributed by atoms with Gasteiger partial charge in [0.15, 0.2) is 0 Å². The number of phenols is 2. The molecule has 2 aromatic carbocycles. The number of hydrogen-bond acceptors (Lipinski definition) is 5. The van der Waals surface area contributed by atoms with Gasteiger partial charge in [-0.3, -0.25) is 9.80 Å². The fourth-order valence-electron chi connectivity index (χ4n) is 4.09. The highest BCUT2D eigenvalue weighted by Crippen LogP contribution is 2.45. The number of benzene rings is 2. The van der Waals surface area contributed by atoms with Crippen LogP contribution in [0.5, 0.6) is 11.5 Å². The van der Waals surface area contributed by atoms with Crippen molar-refractivity contribution >= 4 is 11.8 Å². The van der Waals surface area contributed by atoms with Crippen molar-refractivity contribution in [3.63, 3.8) is 0 Å².